The fourth-order valence-electron chi connectivity index (χ4n) is 2.86. The maximum Gasteiger partial charge on any atom is 0.270 e. The van der Waals surface area contributed by atoms with Crippen LogP contribution in [0, 0.1) is 5.82 Å². The zero-order chi connectivity index (χ0) is 21.8. The Morgan fingerprint density at radius 1 is 1.20 bits per heavy atom. The van der Waals surface area contributed by atoms with E-state index in [-0.39, 0.29) is 16.8 Å². The van der Waals surface area contributed by atoms with Crippen molar-refractivity contribution in [3.63, 3.8) is 0 Å². The van der Waals surface area contributed by atoms with Gasteiger partial charge in [-0.25, -0.2) is 4.39 Å². The third kappa shape index (κ3) is 4.33. The van der Waals surface area contributed by atoms with Gasteiger partial charge in [0.2, 0.25) is 0 Å². The van der Waals surface area contributed by atoms with Gasteiger partial charge in [-0.1, -0.05) is 19.1 Å². The van der Waals surface area contributed by atoms with Gasteiger partial charge in [0.25, 0.3) is 11.8 Å². The summed E-state index contributed by atoms with van der Waals surface area (Å²) in [5.41, 5.74) is 0.731. The number of ether oxygens (including phenoxy) is 2. The Hall–Kier alpha value is -3.26. The van der Waals surface area contributed by atoms with Crippen LogP contribution in [-0.2, 0) is 9.59 Å². The number of carbonyl (C=O) groups excluding carboxylic acids is 2. The number of hydrogen-bond acceptors (Lipinski definition) is 5. The Morgan fingerprint density at radius 2 is 1.90 bits per heavy atom. The molecule has 8 heteroatoms. The normalized spacial score (nSPS) is 16.5. The Balaban J connectivity index is 2.05. The van der Waals surface area contributed by atoms with Crippen LogP contribution in [0.2, 0.25) is 0 Å². The molecular formula is C22H21FN2O4S. The number of halogens is 1. The predicted octanol–water partition coefficient (Wildman–Crippen LogP) is 3.84. The molecule has 0 aliphatic carbocycles. The second kappa shape index (κ2) is 9.04. The first kappa shape index (κ1) is 21.4. The number of carbonyl (C=O) groups is 2. The maximum atomic E-state index is 13.3. The number of benzene rings is 2. The van der Waals surface area contributed by atoms with Gasteiger partial charge >= 0.3 is 0 Å². The summed E-state index contributed by atoms with van der Waals surface area (Å²) >= 11 is 5.16. The zero-order valence-electron chi connectivity index (χ0n) is 16.8. The van der Waals surface area contributed by atoms with Gasteiger partial charge in [-0.05, 0) is 62.0 Å². The molecule has 0 saturated carbocycles. The standard InChI is InChI=1S/C22H21FN2O4S/c1-4-13(2)29-19-14(6-5-7-18(19)28-3)12-17-20(26)24-22(30)25(21(17)27)16-10-8-15(23)9-11-16/h5-13H,4H2,1-3H3,(H,24,26,30)/b17-12-/t13-/m0/s1. The first-order valence-corrected chi connectivity index (χ1v) is 9.77. The average molecular weight is 428 g/mol. The number of methoxy groups -OCH3 is 1. The lowest BCUT2D eigenvalue weighted by Crippen LogP contribution is -2.54. The van der Waals surface area contributed by atoms with Gasteiger partial charge in [-0.15, -0.1) is 0 Å². The maximum absolute atomic E-state index is 13.3. The molecule has 156 valence electrons. The molecule has 1 saturated heterocycles. The molecule has 1 aliphatic rings. The fourth-order valence-corrected chi connectivity index (χ4v) is 3.14. The largest absolute Gasteiger partial charge is 0.493 e. The van der Waals surface area contributed by atoms with Crippen LogP contribution in [-0.4, -0.2) is 30.1 Å². The van der Waals surface area contributed by atoms with Gasteiger partial charge < -0.3 is 9.47 Å². The van der Waals surface area contributed by atoms with E-state index < -0.39 is 17.6 Å². The van der Waals surface area contributed by atoms with E-state index in [1.54, 1.807) is 18.2 Å². The lowest BCUT2D eigenvalue weighted by molar-refractivity contribution is -0.122. The van der Waals surface area contributed by atoms with Crippen LogP contribution in [0.1, 0.15) is 25.8 Å². The Morgan fingerprint density at radius 3 is 2.53 bits per heavy atom. The van der Waals surface area contributed by atoms with E-state index in [0.29, 0.717) is 22.7 Å². The number of anilines is 1. The molecule has 1 atom stereocenters. The number of nitrogens with one attached hydrogen (secondary N) is 1. The summed E-state index contributed by atoms with van der Waals surface area (Å²) in [7, 11) is 1.52. The number of thiocarbonyl (C=S) groups is 1. The summed E-state index contributed by atoms with van der Waals surface area (Å²) in [6, 6.07) is 10.5. The van der Waals surface area contributed by atoms with E-state index in [2.05, 4.69) is 5.32 Å². The summed E-state index contributed by atoms with van der Waals surface area (Å²) in [5.74, 6) is -0.770. The van der Waals surface area contributed by atoms with E-state index >= 15 is 0 Å². The van der Waals surface area contributed by atoms with Crippen molar-refractivity contribution in [3.05, 3.63) is 59.4 Å². The summed E-state index contributed by atoms with van der Waals surface area (Å²) in [5, 5.41) is 2.43. The third-order valence-corrected chi connectivity index (χ3v) is 4.89. The molecule has 0 spiro atoms. The van der Waals surface area contributed by atoms with Crippen LogP contribution in [0.3, 0.4) is 0 Å². The van der Waals surface area contributed by atoms with E-state index in [9.17, 15) is 14.0 Å². The van der Waals surface area contributed by atoms with Crippen molar-refractivity contribution >= 4 is 40.9 Å². The van der Waals surface area contributed by atoms with E-state index in [1.807, 2.05) is 13.8 Å². The van der Waals surface area contributed by atoms with Gasteiger partial charge in [-0.2, -0.15) is 0 Å². The van der Waals surface area contributed by atoms with Crippen molar-refractivity contribution in [1.82, 2.24) is 5.32 Å². The van der Waals surface area contributed by atoms with Crippen molar-refractivity contribution in [2.45, 2.75) is 26.4 Å². The first-order valence-electron chi connectivity index (χ1n) is 9.36. The minimum atomic E-state index is -0.624. The van der Waals surface area contributed by atoms with Crippen LogP contribution < -0.4 is 19.7 Å². The summed E-state index contributed by atoms with van der Waals surface area (Å²) in [6.45, 7) is 3.90. The molecule has 0 unspecified atom stereocenters. The first-order chi connectivity index (χ1) is 14.3. The molecule has 3 rings (SSSR count). The molecule has 0 radical (unpaired) electrons. The molecule has 1 heterocycles. The third-order valence-electron chi connectivity index (χ3n) is 4.61. The van der Waals surface area contributed by atoms with E-state index in [4.69, 9.17) is 21.7 Å². The predicted molar refractivity (Wildman–Crippen MR) is 116 cm³/mol. The van der Waals surface area contributed by atoms with Gasteiger partial charge in [0.15, 0.2) is 16.6 Å². The second-order valence-electron chi connectivity index (χ2n) is 6.65. The molecule has 1 N–H and O–H groups in total. The van der Waals surface area contributed by atoms with Gasteiger partial charge in [-0.3, -0.25) is 19.8 Å². The van der Waals surface area contributed by atoms with Crippen LogP contribution in [0.5, 0.6) is 11.5 Å². The molecule has 30 heavy (non-hydrogen) atoms. The fraction of sp³-hybridized carbons (Fsp3) is 0.227. The van der Waals surface area contributed by atoms with Crippen LogP contribution in [0.4, 0.5) is 10.1 Å². The number of rotatable bonds is 6. The highest BCUT2D eigenvalue weighted by atomic mass is 32.1. The Bertz CT molecular complexity index is 1020. The molecule has 6 nitrogen and oxygen atoms in total. The van der Waals surface area contributed by atoms with Gasteiger partial charge in [0.1, 0.15) is 11.4 Å². The van der Waals surface area contributed by atoms with Crippen LogP contribution in [0.15, 0.2) is 48.0 Å². The highest BCUT2D eigenvalue weighted by Crippen LogP contribution is 2.34. The van der Waals surface area contributed by atoms with Crippen molar-refractivity contribution in [2.75, 3.05) is 12.0 Å². The summed E-state index contributed by atoms with van der Waals surface area (Å²) in [4.78, 5) is 26.8. The Kier molecular flexibility index (Phi) is 6.47. The van der Waals surface area contributed by atoms with Gasteiger partial charge in [0.05, 0.1) is 18.9 Å². The monoisotopic (exact) mass is 428 g/mol. The number of nitrogens with zero attached hydrogens (tertiary/aromatic N) is 1. The van der Waals surface area contributed by atoms with Crippen molar-refractivity contribution in [3.8, 4) is 11.5 Å². The quantitative estimate of drug-likeness (QED) is 0.430. The zero-order valence-corrected chi connectivity index (χ0v) is 17.6. The lowest BCUT2D eigenvalue weighted by atomic mass is 10.1. The number of hydrogen-bond donors (Lipinski definition) is 1. The summed E-state index contributed by atoms with van der Waals surface area (Å²) in [6.07, 6.45) is 2.11. The number of amides is 2. The van der Waals surface area contributed by atoms with Crippen molar-refractivity contribution in [1.29, 1.82) is 0 Å². The number of para-hydroxylation sites is 1. The minimum Gasteiger partial charge on any atom is -0.493 e. The molecule has 1 aliphatic heterocycles. The van der Waals surface area contributed by atoms with Gasteiger partial charge in [0, 0.05) is 5.56 Å². The van der Waals surface area contributed by atoms with E-state index in [1.165, 1.54) is 37.5 Å². The molecule has 2 amide bonds. The molecule has 0 bridgehead atoms. The van der Waals surface area contributed by atoms with E-state index in [0.717, 1.165) is 11.3 Å². The average Bonchev–Trinajstić information content (AvgIpc) is 2.73. The summed E-state index contributed by atoms with van der Waals surface area (Å²) < 4.78 is 24.6. The highest BCUT2D eigenvalue weighted by Gasteiger charge is 2.34. The SMILES string of the molecule is CC[C@H](C)Oc1c(/C=C2/C(=O)NC(=S)N(c3ccc(F)cc3)C2=O)cccc1OC. The van der Waals surface area contributed by atoms with Crippen LogP contribution >= 0.6 is 12.2 Å². The molecule has 0 aromatic heterocycles. The smallest absolute Gasteiger partial charge is 0.270 e. The topological polar surface area (TPSA) is 67.9 Å². The van der Waals surface area contributed by atoms with Crippen LogP contribution in [0.25, 0.3) is 6.08 Å². The Labute approximate surface area is 179 Å². The highest BCUT2D eigenvalue weighted by molar-refractivity contribution is 7.80. The lowest BCUT2D eigenvalue weighted by Gasteiger charge is -2.29. The molecule has 2 aromatic rings. The minimum absolute atomic E-state index is 0.0736. The molecule has 1 fully saturated rings. The second-order valence-corrected chi connectivity index (χ2v) is 7.04. The molecular weight excluding hydrogens is 407 g/mol. The van der Waals surface area contributed by atoms with Crippen molar-refractivity contribution < 1.29 is 23.5 Å². The molecule has 2 aromatic carbocycles. The van der Waals surface area contributed by atoms with Crippen molar-refractivity contribution in [2.24, 2.45) is 0 Å².